The molecule has 1 amide bonds. The van der Waals surface area contributed by atoms with E-state index in [4.69, 9.17) is 11.6 Å². The Hall–Kier alpha value is -4.37. The average molecular weight is 517 g/mol. The Kier molecular flexibility index (Phi) is 6.54. The normalized spacial score (nSPS) is 12.0. The van der Waals surface area contributed by atoms with E-state index >= 15 is 0 Å². The molecule has 37 heavy (non-hydrogen) atoms. The van der Waals surface area contributed by atoms with Crippen LogP contribution in [0.4, 0.5) is 4.39 Å². The highest BCUT2D eigenvalue weighted by atomic mass is 35.5. The Morgan fingerprint density at radius 2 is 1.92 bits per heavy atom. The topological polar surface area (TPSA) is 106 Å². The van der Waals surface area contributed by atoms with E-state index in [-0.39, 0.29) is 33.9 Å². The summed E-state index contributed by atoms with van der Waals surface area (Å²) < 4.78 is 16.2. The van der Waals surface area contributed by atoms with Gasteiger partial charge in [0.05, 0.1) is 27.6 Å². The van der Waals surface area contributed by atoms with Gasteiger partial charge in [-0.15, -0.1) is 0 Å². The predicted octanol–water partition coefficient (Wildman–Crippen LogP) is 4.48. The van der Waals surface area contributed by atoms with Crippen molar-refractivity contribution >= 4 is 28.4 Å². The summed E-state index contributed by atoms with van der Waals surface area (Å²) in [4.78, 5) is 37.3. The highest BCUT2D eigenvalue weighted by Gasteiger charge is 2.22. The summed E-state index contributed by atoms with van der Waals surface area (Å²) in [5.74, 6) is -0.675. The molecule has 186 valence electrons. The number of carbonyl (C=O) groups is 1. The minimum absolute atomic E-state index is 0.00649. The number of carbonyl (C=O) groups excluding carboxylic acids is 1. The predicted molar refractivity (Wildman–Crippen MR) is 139 cm³/mol. The number of halogens is 2. The summed E-state index contributed by atoms with van der Waals surface area (Å²) in [5.41, 5.74) is 1.91. The molecule has 0 radical (unpaired) electrons. The molecule has 2 N–H and O–H groups in total. The first-order valence-corrected chi connectivity index (χ1v) is 11.9. The van der Waals surface area contributed by atoms with Crippen molar-refractivity contribution in [1.82, 2.24) is 30.0 Å². The number of aryl methyl sites for hydroxylation is 2. The molecule has 2 heterocycles. The molecule has 0 aliphatic carbocycles. The molecular formula is C27H22ClFN6O2. The van der Waals surface area contributed by atoms with Crippen LogP contribution in [-0.4, -0.2) is 37.2 Å². The summed E-state index contributed by atoms with van der Waals surface area (Å²) in [6.45, 7) is 3.59. The van der Waals surface area contributed by atoms with E-state index in [1.54, 1.807) is 49.1 Å². The molecule has 2 aromatic heterocycles. The molecular weight excluding hydrogens is 495 g/mol. The monoisotopic (exact) mass is 516 g/mol. The van der Waals surface area contributed by atoms with Crippen molar-refractivity contribution < 1.29 is 9.18 Å². The standard InChI is InChI=1S/C27H22ClFN6O2/c1-15-8-11-22(29)24-23(15)27(37)33-25(32-24)20(17-6-4-3-5-7-17)13-30-26(36)19-10-9-18(12-21(19)28)35-14-31-16(2)34-35/h3-12,14,20H,13H2,1-2H3,(H,30,36)(H,32,33,37)/t20-/m0/s1. The van der Waals surface area contributed by atoms with Gasteiger partial charge in [-0.3, -0.25) is 9.59 Å². The Morgan fingerprint density at radius 3 is 2.62 bits per heavy atom. The summed E-state index contributed by atoms with van der Waals surface area (Å²) in [6, 6.07) is 17.0. The van der Waals surface area contributed by atoms with Crippen molar-refractivity contribution in [2.75, 3.05) is 6.54 Å². The molecule has 0 saturated heterocycles. The van der Waals surface area contributed by atoms with Crippen molar-refractivity contribution in [2.45, 2.75) is 19.8 Å². The van der Waals surface area contributed by atoms with Crippen LogP contribution in [0.25, 0.3) is 16.6 Å². The second kappa shape index (κ2) is 9.94. The molecule has 0 bridgehead atoms. The highest BCUT2D eigenvalue weighted by Crippen LogP contribution is 2.25. The Morgan fingerprint density at radius 1 is 1.14 bits per heavy atom. The lowest BCUT2D eigenvalue weighted by Gasteiger charge is -2.19. The summed E-state index contributed by atoms with van der Waals surface area (Å²) in [6.07, 6.45) is 1.56. The maximum Gasteiger partial charge on any atom is 0.259 e. The molecule has 0 spiro atoms. The van der Waals surface area contributed by atoms with Crippen LogP contribution in [-0.2, 0) is 0 Å². The van der Waals surface area contributed by atoms with Gasteiger partial charge >= 0.3 is 0 Å². The minimum atomic E-state index is -0.585. The van der Waals surface area contributed by atoms with Gasteiger partial charge in [0.25, 0.3) is 11.5 Å². The first kappa shape index (κ1) is 24.3. The number of aromatic amines is 1. The molecule has 5 rings (SSSR count). The number of benzene rings is 3. The number of rotatable bonds is 6. The van der Waals surface area contributed by atoms with Crippen molar-refractivity contribution in [3.8, 4) is 5.69 Å². The molecule has 0 saturated carbocycles. The number of fused-ring (bicyclic) bond motifs is 1. The van der Waals surface area contributed by atoms with E-state index in [0.717, 1.165) is 5.56 Å². The summed E-state index contributed by atoms with van der Waals surface area (Å²) in [7, 11) is 0. The number of nitrogens with one attached hydrogen (secondary N) is 2. The number of nitrogens with zero attached hydrogens (tertiary/aromatic N) is 4. The highest BCUT2D eigenvalue weighted by molar-refractivity contribution is 6.34. The Bertz CT molecular complexity index is 1680. The molecule has 0 unspecified atom stereocenters. The van der Waals surface area contributed by atoms with Crippen LogP contribution in [0.3, 0.4) is 0 Å². The van der Waals surface area contributed by atoms with Gasteiger partial charge in [0.15, 0.2) is 0 Å². The maximum atomic E-state index is 14.6. The van der Waals surface area contributed by atoms with E-state index in [9.17, 15) is 14.0 Å². The lowest BCUT2D eigenvalue weighted by Crippen LogP contribution is -2.31. The maximum absolute atomic E-state index is 14.6. The minimum Gasteiger partial charge on any atom is -0.351 e. The first-order chi connectivity index (χ1) is 17.8. The zero-order valence-electron chi connectivity index (χ0n) is 20.0. The number of hydrogen-bond acceptors (Lipinski definition) is 5. The fraction of sp³-hybridized carbons (Fsp3) is 0.148. The molecule has 8 nitrogen and oxygen atoms in total. The Balaban J connectivity index is 1.46. The Labute approximate surface area is 216 Å². The molecule has 3 aromatic carbocycles. The van der Waals surface area contributed by atoms with Gasteiger partial charge in [0, 0.05) is 6.54 Å². The fourth-order valence-corrected chi connectivity index (χ4v) is 4.46. The van der Waals surface area contributed by atoms with Gasteiger partial charge in [-0.05, 0) is 49.2 Å². The molecule has 5 aromatic rings. The third kappa shape index (κ3) is 4.85. The molecule has 0 aliphatic heterocycles. The van der Waals surface area contributed by atoms with Crippen LogP contribution < -0.4 is 10.9 Å². The second-order valence-corrected chi connectivity index (χ2v) is 9.02. The number of H-pyrrole nitrogens is 1. The number of hydrogen-bond donors (Lipinski definition) is 2. The van der Waals surface area contributed by atoms with Gasteiger partial charge in [-0.1, -0.05) is 48.0 Å². The quantitative estimate of drug-likeness (QED) is 0.346. The summed E-state index contributed by atoms with van der Waals surface area (Å²) in [5, 5.41) is 7.57. The van der Waals surface area contributed by atoms with Crippen molar-refractivity contribution in [3.05, 3.63) is 117 Å². The first-order valence-electron chi connectivity index (χ1n) is 11.5. The lowest BCUT2D eigenvalue weighted by atomic mass is 9.97. The van der Waals surface area contributed by atoms with Crippen molar-refractivity contribution in [3.63, 3.8) is 0 Å². The zero-order chi connectivity index (χ0) is 26.1. The van der Waals surface area contributed by atoms with Gasteiger partial charge in [-0.25, -0.2) is 19.0 Å². The third-order valence-electron chi connectivity index (χ3n) is 6.10. The van der Waals surface area contributed by atoms with Crippen LogP contribution in [0.15, 0.2) is 71.8 Å². The van der Waals surface area contributed by atoms with Crippen molar-refractivity contribution in [1.29, 1.82) is 0 Å². The molecule has 10 heteroatoms. The number of amides is 1. The van der Waals surface area contributed by atoms with Crippen LogP contribution >= 0.6 is 11.6 Å². The van der Waals surface area contributed by atoms with Crippen LogP contribution in [0.5, 0.6) is 0 Å². The van der Waals surface area contributed by atoms with E-state index < -0.39 is 23.2 Å². The van der Waals surface area contributed by atoms with Gasteiger partial charge in [0.2, 0.25) is 0 Å². The van der Waals surface area contributed by atoms with Crippen molar-refractivity contribution in [2.24, 2.45) is 0 Å². The van der Waals surface area contributed by atoms with E-state index in [1.165, 1.54) is 6.07 Å². The number of aromatic nitrogens is 5. The zero-order valence-corrected chi connectivity index (χ0v) is 20.8. The van der Waals surface area contributed by atoms with Crippen LogP contribution in [0.2, 0.25) is 5.02 Å². The largest absolute Gasteiger partial charge is 0.351 e. The van der Waals surface area contributed by atoms with E-state index in [2.05, 4.69) is 25.4 Å². The smallest absolute Gasteiger partial charge is 0.259 e. The molecule has 0 fully saturated rings. The van der Waals surface area contributed by atoms with Gasteiger partial charge in [-0.2, -0.15) is 5.10 Å². The average Bonchev–Trinajstić information content (AvgIpc) is 3.33. The fourth-order valence-electron chi connectivity index (χ4n) is 4.20. The van der Waals surface area contributed by atoms with Crippen LogP contribution in [0.1, 0.15) is 39.1 Å². The molecule has 1 atom stereocenters. The second-order valence-electron chi connectivity index (χ2n) is 8.61. The third-order valence-corrected chi connectivity index (χ3v) is 6.42. The van der Waals surface area contributed by atoms with E-state index in [1.807, 2.05) is 30.3 Å². The SMILES string of the molecule is Cc1ncn(-c2ccc(C(=O)NC[C@@H](c3ccccc3)c3nc4c(F)ccc(C)c4c(=O)[nH]3)c(Cl)c2)n1. The van der Waals surface area contributed by atoms with Crippen LogP contribution in [0, 0.1) is 19.7 Å². The van der Waals surface area contributed by atoms with E-state index in [0.29, 0.717) is 17.1 Å². The van der Waals surface area contributed by atoms with Gasteiger partial charge < -0.3 is 10.3 Å². The summed E-state index contributed by atoms with van der Waals surface area (Å²) >= 11 is 6.42. The lowest BCUT2D eigenvalue weighted by molar-refractivity contribution is 0.0952. The van der Waals surface area contributed by atoms with Gasteiger partial charge in [0.1, 0.15) is 29.3 Å². The molecule has 0 aliphatic rings.